The summed E-state index contributed by atoms with van der Waals surface area (Å²) < 4.78 is 0. The van der Waals surface area contributed by atoms with E-state index in [0.717, 1.165) is 44.6 Å². The van der Waals surface area contributed by atoms with Crippen molar-refractivity contribution in [1.82, 2.24) is 10.6 Å². The summed E-state index contributed by atoms with van der Waals surface area (Å²) in [7, 11) is 0. The number of piperidine rings is 1. The molecule has 0 spiro atoms. The van der Waals surface area contributed by atoms with Crippen LogP contribution in [0.5, 0.6) is 0 Å². The number of hydrogen-bond acceptors (Lipinski definition) is 3. The van der Waals surface area contributed by atoms with E-state index in [9.17, 15) is 4.79 Å². The summed E-state index contributed by atoms with van der Waals surface area (Å²) in [5, 5.41) is 9.67. The molecule has 2 rings (SSSR count). The number of nitrogens with one attached hydrogen (secondary N) is 3. The monoisotopic (exact) mass is 275 g/mol. The first-order chi connectivity index (χ1) is 9.64. The fourth-order valence-electron chi connectivity index (χ4n) is 2.55. The van der Waals surface area contributed by atoms with Gasteiger partial charge in [0.05, 0.1) is 5.54 Å². The van der Waals surface area contributed by atoms with Gasteiger partial charge in [-0.15, -0.1) is 0 Å². The molecule has 3 N–H and O–H groups in total. The Morgan fingerprint density at radius 1 is 1.40 bits per heavy atom. The van der Waals surface area contributed by atoms with Gasteiger partial charge in [0.15, 0.2) is 0 Å². The lowest BCUT2D eigenvalue weighted by Gasteiger charge is -2.33. The van der Waals surface area contributed by atoms with Gasteiger partial charge in [-0.1, -0.05) is 19.1 Å². The Kier molecular flexibility index (Phi) is 5.15. The zero-order valence-electron chi connectivity index (χ0n) is 12.5. The van der Waals surface area contributed by atoms with Crippen LogP contribution in [0, 0.1) is 0 Å². The van der Waals surface area contributed by atoms with Crippen LogP contribution in [0.1, 0.15) is 38.7 Å². The van der Waals surface area contributed by atoms with Gasteiger partial charge >= 0.3 is 0 Å². The highest BCUT2D eigenvalue weighted by atomic mass is 16.2. The van der Waals surface area contributed by atoms with Gasteiger partial charge in [-0.2, -0.15) is 0 Å². The summed E-state index contributed by atoms with van der Waals surface area (Å²) in [6, 6.07) is 8.03. The summed E-state index contributed by atoms with van der Waals surface area (Å²) in [6.07, 6.45) is 3.16. The minimum Gasteiger partial charge on any atom is -0.324 e. The third-order valence-electron chi connectivity index (χ3n) is 3.88. The van der Waals surface area contributed by atoms with Crippen LogP contribution < -0.4 is 16.0 Å². The van der Waals surface area contributed by atoms with Crippen molar-refractivity contribution >= 4 is 11.6 Å². The van der Waals surface area contributed by atoms with Crippen LogP contribution in [0.2, 0.25) is 0 Å². The Hall–Kier alpha value is -1.39. The lowest BCUT2D eigenvalue weighted by Crippen LogP contribution is -2.54. The molecule has 1 aliphatic heterocycles. The molecule has 0 bridgehead atoms. The molecule has 110 valence electrons. The fraction of sp³-hybridized carbons (Fsp3) is 0.562. The number of amides is 1. The van der Waals surface area contributed by atoms with Crippen LogP contribution in [0.3, 0.4) is 0 Å². The molecule has 0 aromatic heterocycles. The SMILES string of the molecule is CCNCc1cccc(NC(=O)C2(C)CCCCN2)c1. The Morgan fingerprint density at radius 3 is 2.95 bits per heavy atom. The molecule has 1 amide bonds. The van der Waals surface area contributed by atoms with E-state index in [2.05, 4.69) is 28.9 Å². The summed E-state index contributed by atoms with van der Waals surface area (Å²) in [4.78, 5) is 12.4. The molecule has 4 heteroatoms. The third-order valence-corrected chi connectivity index (χ3v) is 3.88. The molecule has 1 fully saturated rings. The predicted octanol–water partition coefficient (Wildman–Crippen LogP) is 2.27. The zero-order chi connectivity index (χ0) is 14.4. The molecule has 4 nitrogen and oxygen atoms in total. The van der Waals surface area contributed by atoms with Gasteiger partial charge in [0.1, 0.15) is 0 Å². The van der Waals surface area contributed by atoms with Crippen molar-refractivity contribution in [3.63, 3.8) is 0 Å². The van der Waals surface area contributed by atoms with E-state index in [4.69, 9.17) is 0 Å². The van der Waals surface area contributed by atoms with Gasteiger partial charge in [0.2, 0.25) is 5.91 Å². The number of benzene rings is 1. The number of rotatable bonds is 5. The summed E-state index contributed by atoms with van der Waals surface area (Å²) in [6.45, 7) is 6.77. The second kappa shape index (κ2) is 6.86. The highest BCUT2D eigenvalue weighted by Gasteiger charge is 2.34. The maximum Gasteiger partial charge on any atom is 0.244 e. The normalized spacial score (nSPS) is 22.5. The maximum absolute atomic E-state index is 12.4. The Bertz CT molecular complexity index is 453. The molecule has 1 heterocycles. The summed E-state index contributed by atoms with van der Waals surface area (Å²) >= 11 is 0. The standard InChI is InChI=1S/C16H25N3O/c1-3-17-12-13-7-6-8-14(11-13)19-15(20)16(2)9-4-5-10-18-16/h6-8,11,17-18H,3-5,9-10,12H2,1-2H3,(H,19,20). The molecule has 1 unspecified atom stereocenters. The molecular weight excluding hydrogens is 250 g/mol. The van der Waals surface area contributed by atoms with Crippen molar-refractivity contribution in [2.45, 2.75) is 45.2 Å². The first-order valence-corrected chi connectivity index (χ1v) is 7.50. The van der Waals surface area contributed by atoms with E-state index >= 15 is 0 Å². The lowest BCUT2D eigenvalue weighted by molar-refractivity contribution is -0.122. The smallest absolute Gasteiger partial charge is 0.244 e. The highest BCUT2D eigenvalue weighted by molar-refractivity contribution is 5.97. The second-order valence-electron chi connectivity index (χ2n) is 5.65. The summed E-state index contributed by atoms with van der Waals surface area (Å²) in [5.41, 5.74) is 1.63. The fourth-order valence-corrected chi connectivity index (χ4v) is 2.55. The Labute approximate surface area is 121 Å². The first kappa shape index (κ1) is 15.0. The Morgan fingerprint density at radius 2 is 2.25 bits per heavy atom. The van der Waals surface area contributed by atoms with Crippen LogP contribution in [-0.2, 0) is 11.3 Å². The van der Waals surface area contributed by atoms with Gasteiger partial charge in [-0.25, -0.2) is 0 Å². The molecule has 0 aliphatic carbocycles. The van der Waals surface area contributed by atoms with Crippen molar-refractivity contribution < 1.29 is 4.79 Å². The highest BCUT2D eigenvalue weighted by Crippen LogP contribution is 2.21. The van der Waals surface area contributed by atoms with Crippen molar-refractivity contribution in [2.24, 2.45) is 0 Å². The van der Waals surface area contributed by atoms with E-state index in [1.807, 2.05) is 25.1 Å². The van der Waals surface area contributed by atoms with Gasteiger partial charge < -0.3 is 16.0 Å². The van der Waals surface area contributed by atoms with Gasteiger partial charge in [-0.3, -0.25) is 4.79 Å². The van der Waals surface area contributed by atoms with Gasteiger partial charge in [0, 0.05) is 12.2 Å². The number of carbonyl (C=O) groups excluding carboxylic acids is 1. The van der Waals surface area contributed by atoms with Gasteiger partial charge in [0.25, 0.3) is 0 Å². The van der Waals surface area contributed by atoms with Crippen LogP contribution in [0.25, 0.3) is 0 Å². The molecule has 1 atom stereocenters. The number of anilines is 1. The molecule has 0 saturated carbocycles. The van der Waals surface area contributed by atoms with Crippen LogP contribution >= 0.6 is 0 Å². The van der Waals surface area contributed by atoms with E-state index in [0.29, 0.717) is 0 Å². The quantitative estimate of drug-likeness (QED) is 0.772. The second-order valence-corrected chi connectivity index (χ2v) is 5.65. The average Bonchev–Trinajstić information content (AvgIpc) is 2.46. The predicted molar refractivity (Wildman–Crippen MR) is 82.7 cm³/mol. The molecule has 20 heavy (non-hydrogen) atoms. The van der Waals surface area contributed by atoms with E-state index < -0.39 is 5.54 Å². The maximum atomic E-state index is 12.4. The van der Waals surface area contributed by atoms with E-state index in [-0.39, 0.29) is 5.91 Å². The van der Waals surface area contributed by atoms with E-state index in [1.165, 1.54) is 5.56 Å². The van der Waals surface area contributed by atoms with Crippen molar-refractivity contribution in [3.8, 4) is 0 Å². The van der Waals surface area contributed by atoms with Crippen molar-refractivity contribution in [3.05, 3.63) is 29.8 Å². The molecule has 1 aromatic carbocycles. The molecule has 1 aromatic rings. The molecule has 1 saturated heterocycles. The summed E-state index contributed by atoms with van der Waals surface area (Å²) in [5.74, 6) is 0.0674. The van der Waals surface area contributed by atoms with E-state index in [1.54, 1.807) is 0 Å². The van der Waals surface area contributed by atoms with Crippen LogP contribution in [0.4, 0.5) is 5.69 Å². The first-order valence-electron chi connectivity index (χ1n) is 7.50. The van der Waals surface area contributed by atoms with Crippen LogP contribution in [0.15, 0.2) is 24.3 Å². The number of carbonyl (C=O) groups is 1. The minimum atomic E-state index is -0.435. The Balaban J connectivity index is 2.00. The largest absolute Gasteiger partial charge is 0.324 e. The minimum absolute atomic E-state index is 0.0674. The van der Waals surface area contributed by atoms with Crippen molar-refractivity contribution in [2.75, 3.05) is 18.4 Å². The van der Waals surface area contributed by atoms with Crippen LogP contribution in [-0.4, -0.2) is 24.5 Å². The molecule has 1 aliphatic rings. The topological polar surface area (TPSA) is 53.2 Å². The number of hydrogen-bond donors (Lipinski definition) is 3. The molecular formula is C16H25N3O. The third kappa shape index (κ3) is 3.81. The molecule has 0 radical (unpaired) electrons. The lowest BCUT2D eigenvalue weighted by atomic mass is 9.90. The van der Waals surface area contributed by atoms with Crippen molar-refractivity contribution in [1.29, 1.82) is 0 Å². The average molecular weight is 275 g/mol. The zero-order valence-corrected chi connectivity index (χ0v) is 12.5. The van der Waals surface area contributed by atoms with Gasteiger partial charge in [-0.05, 0) is 57.0 Å².